The van der Waals surface area contributed by atoms with Crippen LogP contribution in [0.25, 0.3) is 22.1 Å². The number of carboxylic acids is 1. The molecule has 0 saturated carbocycles. The van der Waals surface area contributed by atoms with Gasteiger partial charge in [-0.15, -0.1) is 0 Å². The molecule has 1 heterocycles. The van der Waals surface area contributed by atoms with Crippen LogP contribution in [0.5, 0.6) is 5.75 Å². The number of fused-ring (bicyclic) bond motifs is 1. The first-order valence-corrected chi connectivity index (χ1v) is 9.59. The molecule has 2 atom stereocenters. The van der Waals surface area contributed by atoms with Crippen LogP contribution in [0, 0.1) is 5.92 Å². The van der Waals surface area contributed by atoms with E-state index < -0.39 is 29.6 Å². The molecular formula is C23H23NO6. The number of benzene rings is 2. The third-order valence-corrected chi connectivity index (χ3v) is 4.71. The van der Waals surface area contributed by atoms with Crippen LogP contribution in [0.2, 0.25) is 0 Å². The Kier molecular flexibility index (Phi) is 6.20. The fraction of sp³-hybridized carbons (Fsp3) is 0.261. The number of aliphatic carboxylic acids is 1. The highest BCUT2D eigenvalue weighted by Gasteiger charge is 2.26. The number of hydrogen-bond donors (Lipinski definition) is 2. The fourth-order valence-electron chi connectivity index (χ4n) is 3.11. The van der Waals surface area contributed by atoms with E-state index in [0.717, 1.165) is 16.5 Å². The fourth-order valence-corrected chi connectivity index (χ4v) is 3.11. The second-order valence-electron chi connectivity index (χ2n) is 7.33. The zero-order chi connectivity index (χ0) is 21.8. The maximum Gasteiger partial charge on any atom is 0.336 e. The summed E-state index contributed by atoms with van der Waals surface area (Å²) in [5, 5.41) is 12.4. The van der Waals surface area contributed by atoms with E-state index in [1.54, 1.807) is 32.0 Å². The van der Waals surface area contributed by atoms with Crippen molar-refractivity contribution in [1.29, 1.82) is 0 Å². The van der Waals surface area contributed by atoms with Crippen LogP contribution >= 0.6 is 0 Å². The molecule has 7 heteroatoms. The molecule has 1 aromatic heterocycles. The van der Waals surface area contributed by atoms with Crippen LogP contribution in [0.4, 0.5) is 0 Å². The van der Waals surface area contributed by atoms with Gasteiger partial charge in [0.15, 0.2) is 6.10 Å². The Balaban J connectivity index is 1.85. The van der Waals surface area contributed by atoms with Gasteiger partial charge in [0.2, 0.25) is 0 Å². The Morgan fingerprint density at radius 3 is 2.37 bits per heavy atom. The molecule has 3 aromatic rings. The topological polar surface area (TPSA) is 106 Å². The summed E-state index contributed by atoms with van der Waals surface area (Å²) in [6.07, 6.45) is -0.938. The number of ether oxygens (including phenoxy) is 1. The summed E-state index contributed by atoms with van der Waals surface area (Å²) >= 11 is 0. The second kappa shape index (κ2) is 8.82. The second-order valence-corrected chi connectivity index (χ2v) is 7.33. The van der Waals surface area contributed by atoms with Gasteiger partial charge >= 0.3 is 11.6 Å². The summed E-state index contributed by atoms with van der Waals surface area (Å²) < 4.78 is 11.0. The average Bonchev–Trinajstić information content (AvgIpc) is 2.71. The molecule has 0 radical (unpaired) electrons. The van der Waals surface area contributed by atoms with Crippen molar-refractivity contribution < 1.29 is 23.8 Å². The van der Waals surface area contributed by atoms with Gasteiger partial charge in [-0.2, -0.15) is 0 Å². The lowest BCUT2D eigenvalue weighted by Crippen LogP contribution is -2.48. The van der Waals surface area contributed by atoms with E-state index >= 15 is 0 Å². The molecule has 2 aromatic carbocycles. The van der Waals surface area contributed by atoms with E-state index in [1.807, 2.05) is 30.3 Å². The van der Waals surface area contributed by atoms with Crippen molar-refractivity contribution in [2.24, 2.45) is 5.92 Å². The quantitative estimate of drug-likeness (QED) is 0.579. The molecule has 156 valence electrons. The first kappa shape index (κ1) is 21.1. The van der Waals surface area contributed by atoms with Gasteiger partial charge in [-0.3, -0.25) is 4.79 Å². The van der Waals surface area contributed by atoms with Crippen molar-refractivity contribution in [2.45, 2.75) is 32.9 Å². The van der Waals surface area contributed by atoms with Crippen molar-refractivity contribution >= 4 is 22.8 Å². The zero-order valence-electron chi connectivity index (χ0n) is 16.9. The molecule has 1 amide bonds. The maximum atomic E-state index is 12.4. The normalized spacial score (nSPS) is 13.1. The minimum atomic E-state index is -1.11. The predicted octanol–water partition coefficient (Wildman–Crippen LogP) is 3.45. The highest BCUT2D eigenvalue weighted by Crippen LogP contribution is 2.29. The van der Waals surface area contributed by atoms with E-state index in [9.17, 15) is 19.5 Å². The van der Waals surface area contributed by atoms with Crippen LogP contribution in [-0.4, -0.2) is 29.1 Å². The molecule has 0 unspecified atom stereocenters. The van der Waals surface area contributed by atoms with Crippen LogP contribution in [-0.2, 0) is 9.59 Å². The van der Waals surface area contributed by atoms with Gasteiger partial charge < -0.3 is 19.6 Å². The lowest BCUT2D eigenvalue weighted by molar-refractivity contribution is -0.144. The number of carbonyl (C=O) groups excluding carboxylic acids is 1. The van der Waals surface area contributed by atoms with Gasteiger partial charge in [-0.25, -0.2) is 9.59 Å². The minimum Gasteiger partial charge on any atom is -0.481 e. The summed E-state index contributed by atoms with van der Waals surface area (Å²) in [6.45, 7) is 4.94. The van der Waals surface area contributed by atoms with Crippen LogP contribution in [0.15, 0.2) is 63.8 Å². The summed E-state index contributed by atoms with van der Waals surface area (Å²) in [4.78, 5) is 35.7. The highest BCUT2D eigenvalue weighted by atomic mass is 16.5. The van der Waals surface area contributed by atoms with Gasteiger partial charge in [0, 0.05) is 17.5 Å². The molecule has 7 nitrogen and oxygen atoms in total. The van der Waals surface area contributed by atoms with Crippen molar-refractivity contribution in [1.82, 2.24) is 5.32 Å². The molecule has 30 heavy (non-hydrogen) atoms. The molecule has 0 aliphatic carbocycles. The van der Waals surface area contributed by atoms with E-state index in [0.29, 0.717) is 11.3 Å². The van der Waals surface area contributed by atoms with E-state index in [4.69, 9.17) is 9.15 Å². The summed E-state index contributed by atoms with van der Waals surface area (Å²) in [5.41, 5.74) is 1.45. The van der Waals surface area contributed by atoms with Gasteiger partial charge in [-0.1, -0.05) is 44.2 Å². The Bertz CT molecular complexity index is 1120. The van der Waals surface area contributed by atoms with Gasteiger partial charge in [0.05, 0.1) is 0 Å². The standard InChI is InChI=1S/C23H23NO6/c1-13(2)21(23(27)28)24-22(26)14(3)29-16-9-10-17-18(15-7-5-4-6-8-15)12-20(25)30-19(17)11-16/h4-14,21H,1-3H3,(H,24,26)(H,27,28)/t14-,21-/m1/s1. The number of carboxylic acid groups (broad SMARTS) is 1. The Hall–Kier alpha value is -3.61. The number of amides is 1. The molecule has 0 aliphatic rings. The molecule has 0 spiro atoms. The Morgan fingerprint density at radius 1 is 1.03 bits per heavy atom. The third-order valence-electron chi connectivity index (χ3n) is 4.71. The summed E-state index contributed by atoms with van der Waals surface area (Å²) in [6, 6.07) is 14.9. The van der Waals surface area contributed by atoms with Crippen LogP contribution in [0.1, 0.15) is 20.8 Å². The van der Waals surface area contributed by atoms with Crippen LogP contribution < -0.4 is 15.7 Å². The van der Waals surface area contributed by atoms with Crippen LogP contribution in [0.3, 0.4) is 0 Å². The first-order valence-electron chi connectivity index (χ1n) is 9.59. The zero-order valence-corrected chi connectivity index (χ0v) is 16.9. The van der Waals surface area contributed by atoms with Crippen molar-refractivity contribution in [3.63, 3.8) is 0 Å². The minimum absolute atomic E-state index is 0.273. The molecule has 0 saturated heterocycles. The summed E-state index contributed by atoms with van der Waals surface area (Å²) in [5.74, 6) is -1.60. The number of rotatable bonds is 7. The molecule has 2 N–H and O–H groups in total. The maximum absolute atomic E-state index is 12.4. The van der Waals surface area contributed by atoms with Gasteiger partial charge in [-0.05, 0) is 36.1 Å². The number of nitrogens with one attached hydrogen (secondary N) is 1. The van der Waals surface area contributed by atoms with Crippen molar-refractivity contribution in [3.05, 3.63) is 65.0 Å². The lowest BCUT2D eigenvalue weighted by Gasteiger charge is -2.21. The Morgan fingerprint density at radius 2 is 1.73 bits per heavy atom. The van der Waals surface area contributed by atoms with Crippen molar-refractivity contribution in [2.75, 3.05) is 0 Å². The van der Waals surface area contributed by atoms with E-state index in [1.165, 1.54) is 13.0 Å². The molecule has 0 fully saturated rings. The smallest absolute Gasteiger partial charge is 0.336 e. The average molecular weight is 409 g/mol. The first-order chi connectivity index (χ1) is 14.3. The largest absolute Gasteiger partial charge is 0.481 e. The van der Waals surface area contributed by atoms with Gasteiger partial charge in [0.1, 0.15) is 17.4 Å². The molecule has 0 bridgehead atoms. The monoisotopic (exact) mass is 409 g/mol. The van der Waals surface area contributed by atoms with Crippen molar-refractivity contribution in [3.8, 4) is 16.9 Å². The van der Waals surface area contributed by atoms with E-state index in [2.05, 4.69) is 5.32 Å². The van der Waals surface area contributed by atoms with E-state index in [-0.39, 0.29) is 5.92 Å². The number of hydrogen-bond acceptors (Lipinski definition) is 5. The molecular weight excluding hydrogens is 386 g/mol. The lowest BCUT2D eigenvalue weighted by atomic mass is 10.0. The SMILES string of the molecule is CC(C)[C@@H](NC(=O)[C@@H](C)Oc1ccc2c(-c3ccccc3)cc(=O)oc2c1)C(=O)O. The highest BCUT2D eigenvalue weighted by molar-refractivity contribution is 5.94. The third kappa shape index (κ3) is 4.68. The predicted molar refractivity (Wildman–Crippen MR) is 112 cm³/mol. The summed E-state index contributed by atoms with van der Waals surface area (Å²) in [7, 11) is 0. The molecule has 0 aliphatic heterocycles. The Labute approximate surface area is 173 Å². The van der Waals surface area contributed by atoms with Gasteiger partial charge in [0.25, 0.3) is 5.91 Å². The number of carbonyl (C=O) groups is 2. The molecule has 3 rings (SSSR count).